The second-order valence-electron chi connectivity index (χ2n) is 6.83. The van der Waals surface area contributed by atoms with Crippen molar-refractivity contribution in [3.8, 4) is 16.3 Å². The average molecular weight is 444 g/mol. The number of hydrogen-bond donors (Lipinski definition) is 1. The number of nitrogens with one attached hydrogen (secondary N) is 1. The van der Waals surface area contributed by atoms with E-state index in [0.717, 1.165) is 40.8 Å². The van der Waals surface area contributed by atoms with Gasteiger partial charge in [0.1, 0.15) is 10.8 Å². The molecule has 156 valence electrons. The number of amides is 1. The van der Waals surface area contributed by atoms with Crippen molar-refractivity contribution < 1.29 is 14.3 Å². The lowest BCUT2D eigenvalue weighted by atomic mass is 10.2. The van der Waals surface area contributed by atoms with Crippen LogP contribution in [0.4, 0.5) is 11.4 Å². The van der Waals surface area contributed by atoms with Gasteiger partial charge in [0, 0.05) is 24.0 Å². The van der Waals surface area contributed by atoms with Crippen molar-refractivity contribution in [2.75, 3.05) is 43.6 Å². The minimum atomic E-state index is -0.127. The fourth-order valence-electron chi connectivity index (χ4n) is 3.34. The molecule has 1 fully saturated rings. The Morgan fingerprint density at radius 1 is 1.23 bits per heavy atom. The number of para-hydroxylation sites is 1. The van der Waals surface area contributed by atoms with Crippen LogP contribution in [-0.2, 0) is 16.0 Å². The molecule has 2 heterocycles. The van der Waals surface area contributed by atoms with Crippen LogP contribution >= 0.6 is 22.9 Å². The van der Waals surface area contributed by atoms with E-state index in [1.165, 1.54) is 11.3 Å². The third-order valence-corrected chi connectivity index (χ3v) is 6.06. The monoisotopic (exact) mass is 443 g/mol. The second-order valence-corrected chi connectivity index (χ2v) is 8.10. The third-order valence-electron chi connectivity index (χ3n) is 4.82. The van der Waals surface area contributed by atoms with Gasteiger partial charge < -0.3 is 19.7 Å². The first-order valence-electron chi connectivity index (χ1n) is 9.64. The SMILES string of the molecule is COc1ccc(-c2nc(CC(=O)Nc3cccc(Cl)c3N3CCOCC3)cs2)cc1. The van der Waals surface area contributed by atoms with E-state index in [1.54, 1.807) is 7.11 Å². The van der Waals surface area contributed by atoms with Crippen molar-refractivity contribution >= 4 is 40.2 Å². The van der Waals surface area contributed by atoms with Crippen molar-refractivity contribution in [2.45, 2.75) is 6.42 Å². The molecule has 0 unspecified atom stereocenters. The summed E-state index contributed by atoms with van der Waals surface area (Å²) in [5.41, 5.74) is 3.28. The number of aromatic nitrogens is 1. The number of halogens is 1. The van der Waals surface area contributed by atoms with Crippen LogP contribution in [0, 0.1) is 0 Å². The molecule has 1 aliphatic heterocycles. The number of methoxy groups -OCH3 is 1. The molecule has 30 heavy (non-hydrogen) atoms. The van der Waals surface area contributed by atoms with E-state index in [-0.39, 0.29) is 12.3 Å². The van der Waals surface area contributed by atoms with Gasteiger partial charge in [-0.2, -0.15) is 0 Å². The summed E-state index contributed by atoms with van der Waals surface area (Å²) < 4.78 is 10.6. The molecule has 1 amide bonds. The van der Waals surface area contributed by atoms with Gasteiger partial charge in [0.2, 0.25) is 5.91 Å². The Bertz CT molecular complexity index is 1020. The van der Waals surface area contributed by atoms with Crippen molar-refractivity contribution in [1.82, 2.24) is 4.98 Å². The Morgan fingerprint density at radius 3 is 2.73 bits per heavy atom. The summed E-state index contributed by atoms with van der Waals surface area (Å²) in [7, 11) is 1.64. The number of rotatable bonds is 6. The molecular formula is C22H22ClN3O3S. The molecule has 1 aliphatic rings. The molecule has 0 aliphatic carbocycles. The number of nitrogens with zero attached hydrogens (tertiary/aromatic N) is 2. The molecule has 0 atom stereocenters. The fourth-order valence-corrected chi connectivity index (χ4v) is 4.46. The fraction of sp³-hybridized carbons (Fsp3) is 0.273. The summed E-state index contributed by atoms with van der Waals surface area (Å²) in [5.74, 6) is 0.672. The maximum atomic E-state index is 12.7. The minimum Gasteiger partial charge on any atom is -0.497 e. The zero-order valence-corrected chi connectivity index (χ0v) is 18.1. The van der Waals surface area contributed by atoms with E-state index in [2.05, 4.69) is 15.2 Å². The number of benzene rings is 2. The highest BCUT2D eigenvalue weighted by Gasteiger charge is 2.19. The molecule has 8 heteroatoms. The number of ether oxygens (including phenoxy) is 2. The summed E-state index contributed by atoms with van der Waals surface area (Å²) in [6, 6.07) is 13.3. The summed E-state index contributed by atoms with van der Waals surface area (Å²) in [5, 5.41) is 6.41. The van der Waals surface area contributed by atoms with Crippen molar-refractivity contribution in [2.24, 2.45) is 0 Å². The molecule has 1 saturated heterocycles. The first-order valence-corrected chi connectivity index (χ1v) is 10.9. The normalized spacial score (nSPS) is 13.9. The smallest absolute Gasteiger partial charge is 0.230 e. The maximum absolute atomic E-state index is 12.7. The van der Waals surface area contributed by atoms with Crippen LogP contribution in [0.5, 0.6) is 5.75 Å². The predicted molar refractivity (Wildman–Crippen MR) is 121 cm³/mol. The van der Waals surface area contributed by atoms with Gasteiger partial charge in [0.15, 0.2) is 0 Å². The standard InChI is InChI=1S/C22H22ClN3O3S/c1-28-17-7-5-15(6-8-17)22-24-16(14-30-22)13-20(27)25-19-4-2-3-18(23)21(19)26-9-11-29-12-10-26/h2-8,14H,9-13H2,1H3,(H,25,27). The van der Waals surface area contributed by atoms with Gasteiger partial charge in [-0.15, -0.1) is 11.3 Å². The van der Waals surface area contributed by atoms with Crippen molar-refractivity contribution in [1.29, 1.82) is 0 Å². The molecule has 1 N–H and O–H groups in total. The third kappa shape index (κ3) is 4.75. The van der Waals surface area contributed by atoms with E-state index in [0.29, 0.717) is 23.9 Å². The van der Waals surface area contributed by atoms with Gasteiger partial charge in [-0.25, -0.2) is 4.98 Å². The summed E-state index contributed by atoms with van der Waals surface area (Å²) in [6.45, 7) is 2.77. The molecular weight excluding hydrogens is 422 g/mol. The first kappa shape index (κ1) is 20.7. The molecule has 0 radical (unpaired) electrons. The summed E-state index contributed by atoms with van der Waals surface area (Å²) in [4.78, 5) is 19.5. The quantitative estimate of drug-likeness (QED) is 0.608. The first-order chi connectivity index (χ1) is 14.6. The number of morpholine rings is 1. The lowest BCUT2D eigenvalue weighted by Gasteiger charge is -2.31. The average Bonchev–Trinajstić information content (AvgIpc) is 3.23. The highest BCUT2D eigenvalue weighted by molar-refractivity contribution is 7.13. The molecule has 0 spiro atoms. The lowest BCUT2D eigenvalue weighted by molar-refractivity contribution is -0.115. The largest absolute Gasteiger partial charge is 0.497 e. The van der Waals surface area contributed by atoms with E-state index in [4.69, 9.17) is 21.1 Å². The summed E-state index contributed by atoms with van der Waals surface area (Å²) >= 11 is 7.96. The van der Waals surface area contributed by atoms with E-state index < -0.39 is 0 Å². The van der Waals surface area contributed by atoms with Gasteiger partial charge in [0.05, 0.1) is 48.8 Å². The van der Waals surface area contributed by atoms with Crippen LogP contribution in [-0.4, -0.2) is 44.3 Å². The molecule has 3 aromatic rings. The Kier molecular flexibility index (Phi) is 6.52. The Balaban J connectivity index is 1.45. The molecule has 0 bridgehead atoms. The number of carbonyl (C=O) groups is 1. The van der Waals surface area contributed by atoms with Gasteiger partial charge in [-0.3, -0.25) is 4.79 Å². The maximum Gasteiger partial charge on any atom is 0.230 e. The zero-order valence-electron chi connectivity index (χ0n) is 16.6. The van der Waals surface area contributed by atoms with E-state index in [9.17, 15) is 4.79 Å². The molecule has 1 aromatic heterocycles. The van der Waals surface area contributed by atoms with Gasteiger partial charge >= 0.3 is 0 Å². The Morgan fingerprint density at radius 2 is 2.00 bits per heavy atom. The number of thiazole rings is 1. The van der Waals surface area contributed by atoms with E-state index in [1.807, 2.05) is 47.8 Å². The van der Waals surface area contributed by atoms with Gasteiger partial charge in [-0.05, 0) is 36.4 Å². The van der Waals surface area contributed by atoms with Crippen LogP contribution in [0.1, 0.15) is 5.69 Å². The lowest BCUT2D eigenvalue weighted by Crippen LogP contribution is -2.37. The number of anilines is 2. The molecule has 4 rings (SSSR count). The van der Waals surface area contributed by atoms with Crippen LogP contribution in [0.25, 0.3) is 10.6 Å². The van der Waals surface area contributed by atoms with Crippen LogP contribution in [0.3, 0.4) is 0 Å². The topological polar surface area (TPSA) is 63.7 Å². The summed E-state index contributed by atoms with van der Waals surface area (Å²) in [6.07, 6.45) is 0.196. The van der Waals surface area contributed by atoms with Gasteiger partial charge in [0.25, 0.3) is 0 Å². The molecule has 2 aromatic carbocycles. The van der Waals surface area contributed by atoms with Crippen molar-refractivity contribution in [3.63, 3.8) is 0 Å². The predicted octanol–water partition coefficient (Wildman–Crippen LogP) is 4.49. The minimum absolute atomic E-state index is 0.127. The molecule has 0 saturated carbocycles. The number of carbonyl (C=O) groups excluding carboxylic acids is 1. The van der Waals surface area contributed by atoms with Crippen LogP contribution in [0.2, 0.25) is 5.02 Å². The highest BCUT2D eigenvalue weighted by Crippen LogP contribution is 2.34. The Labute approximate surface area is 184 Å². The van der Waals surface area contributed by atoms with Gasteiger partial charge in [-0.1, -0.05) is 17.7 Å². The zero-order chi connectivity index (χ0) is 20.9. The van der Waals surface area contributed by atoms with Crippen molar-refractivity contribution in [3.05, 3.63) is 58.6 Å². The van der Waals surface area contributed by atoms with Crippen LogP contribution in [0.15, 0.2) is 47.8 Å². The van der Waals surface area contributed by atoms with Crippen LogP contribution < -0.4 is 15.0 Å². The Hall–Kier alpha value is -2.61. The number of hydrogen-bond acceptors (Lipinski definition) is 6. The molecule has 6 nitrogen and oxygen atoms in total. The highest BCUT2D eigenvalue weighted by atomic mass is 35.5. The second kappa shape index (κ2) is 9.47. The van der Waals surface area contributed by atoms with E-state index >= 15 is 0 Å².